The lowest BCUT2D eigenvalue weighted by Crippen LogP contribution is -2.63. The topological polar surface area (TPSA) is 402 Å². The predicted octanol–water partition coefficient (Wildman–Crippen LogP) is 4.49. The number of phenolic OH excluding ortho intramolecular Hbond substituents is 1. The van der Waals surface area contributed by atoms with Crippen LogP contribution in [0.1, 0.15) is 109 Å². The van der Waals surface area contributed by atoms with Gasteiger partial charge in [-0.05, 0) is 118 Å². The van der Waals surface area contributed by atoms with E-state index in [1.165, 1.54) is 59.7 Å². The van der Waals surface area contributed by atoms with E-state index in [-0.39, 0.29) is 68.5 Å². The summed E-state index contributed by atoms with van der Waals surface area (Å²) in [4.78, 5) is 152. The lowest BCUT2D eigenvalue weighted by molar-refractivity contribution is -0.137. The summed E-state index contributed by atoms with van der Waals surface area (Å²) in [5.74, 6) is -7.58. The van der Waals surface area contributed by atoms with Crippen molar-refractivity contribution in [3.8, 4) is 5.75 Å². The van der Waals surface area contributed by atoms with Gasteiger partial charge in [-0.1, -0.05) is 131 Å². The van der Waals surface area contributed by atoms with Gasteiger partial charge in [-0.15, -0.1) is 0 Å². The van der Waals surface area contributed by atoms with E-state index >= 15 is 14.4 Å². The molecule has 1 saturated heterocycles. The number of ether oxygens (including phenoxy) is 1. The van der Waals surface area contributed by atoms with Gasteiger partial charge in [0.1, 0.15) is 64.7 Å². The molecule has 3 heterocycles. The molecule has 2 aliphatic rings. The molecule has 0 unspecified atom stereocenters. The zero-order valence-corrected chi connectivity index (χ0v) is 59.9. The summed E-state index contributed by atoms with van der Waals surface area (Å²) >= 11 is 0. The van der Waals surface area contributed by atoms with Crippen LogP contribution in [0, 0.1) is 0 Å². The highest BCUT2D eigenvalue weighted by atomic mass is 33.1. The van der Waals surface area contributed by atoms with Crippen molar-refractivity contribution in [3.05, 3.63) is 126 Å². The minimum absolute atomic E-state index is 0.0131. The van der Waals surface area contributed by atoms with Crippen LogP contribution in [0.15, 0.2) is 114 Å². The van der Waals surface area contributed by atoms with Crippen molar-refractivity contribution in [3.63, 3.8) is 0 Å². The van der Waals surface area contributed by atoms with Crippen LogP contribution in [0.4, 0.5) is 9.59 Å². The monoisotopic (exact) mass is 1460 g/mol. The van der Waals surface area contributed by atoms with Gasteiger partial charge in [0.2, 0.25) is 47.3 Å². The third-order valence-electron chi connectivity index (χ3n) is 16.3. The number of hydrogen-bond acceptors (Lipinski definition) is 19. The number of aromatic amines is 1. The van der Waals surface area contributed by atoms with Gasteiger partial charge in [-0.25, -0.2) is 14.6 Å². The first-order valence-corrected chi connectivity index (χ1v) is 38.3. The number of urea groups is 1. The number of H-pyrrole nitrogens is 1. The number of alkyl carbamates (subject to hydrolysis) is 1. The Labute approximate surface area is 597 Å². The van der Waals surface area contributed by atoms with Crippen molar-refractivity contribution in [2.75, 3.05) is 30.3 Å². The molecular weight excluding hydrogens is 1360 g/mol. The maximum Gasteiger partial charge on any atom is 0.407 e. The average Bonchev–Trinajstić information content (AvgIpc) is 1.62. The van der Waals surface area contributed by atoms with Crippen LogP contribution in [0.5, 0.6) is 5.75 Å². The van der Waals surface area contributed by atoms with Gasteiger partial charge < -0.3 is 83.5 Å². The van der Waals surface area contributed by atoms with E-state index in [4.69, 9.17) is 4.74 Å². The van der Waals surface area contributed by atoms with Crippen molar-refractivity contribution in [2.45, 2.75) is 189 Å². The van der Waals surface area contributed by atoms with E-state index in [1.54, 1.807) is 75.6 Å². The van der Waals surface area contributed by atoms with Gasteiger partial charge in [-0.2, -0.15) is 0 Å². The molecule has 542 valence electrons. The summed E-state index contributed by atoms with van der Waals surface area (Å²) in [6.07, 6.45) is 4.43. The largest absolute Gasteiger partial charge is 0.508 e. The van der Waals surface area contributed by atoms with Crippen LogP contribution in [-0.2, 0) is 62.4 Å². The van der Waals surface area contributed by atoms with Gasteiger partial charge in [0.05, 0.1) is 12.2 Å². The Bertz CT molecular complexity index is 3510. The molecule has 5 aromatic rings. The van der Waals surface area contributed by atoms with Crippen molar-refractivity contribution in [1.29, 1.82) is 0 Å². The second-order valence-corrected chi connectivity index (χ2v) is 30.6. The van der Waals surface area contributed by atoms with Crippen molar-refractivity contribution >= 4 is 113 Å². The molecule has 0 bridgehead atoms. The SMILES string of the molecule is C[C@@H](O)[C@H](NC(=O)[C@@H]1CSSC[C@H](NC(=O)[C@@H](Cc2ccccc2)NC(=O)NC2CCCCC2)C(=O)N[C@@H](Cc2ccc(O)cc2)C(=O)N[C@H](Cc2c[nH]c3ccccc23)C(=O)N[C@@H](CCCCCNC(=O)OC(C)(C)C)C(=O)N[C@@H]([C@@H](C)O)C(=O)N1)C(=O)NCCSSc1ccccn1. The van der Waals surface area contributed by atoms with E-state index < -0.39 is 126 Å². The highest BCUT2D eigenvalue weighted by Gasteiger charge is 2.38. The first kappa shape index (κ1) is 79.1. The lowest BCUT2D eigenvalue weighted by atomic mass is 9.96. The molecule has 3 aromatic carbocycles. The Morgan fingerprint density at radius 2 is 1.34 bits per heavy atom. The van der Waals surface area contributed by atoms with E-state index in [1.807, 2.05) is 30.3 Å². The number of aliphatic hydroxyl groups is 2. The summed E-state index contributed by atoms with van der Waals surface area (Å²) < 4.78 is 5.36. The summed E-state index contributed by atoms with van der Waals surface area (Å²) in [6, 6.07) is 14.4. The fourth-order valence-electron chi connectivity index (χ4n) is 11.0. The number of unbranched alkanes of at least 4 members (excludes halogenated alkanes) is 2. The molecule has 11 amide bonds. The molecule has 0 spiro atoms. The van der Waals surface area contributed by atoms with E-state index in [9.17, 15) is 48.9 Å². The number of pyridine rings is 1. The lowest BCUT2D eigenvalue weighted by Gasteiger charge is -2.29. The van der Waals surface area contributed by atoms with Crippen LogP contribution in [0.2, 0.25) is 0 Å². The minimum Gasteiger partial charge on any atom is -0.508 e. The highest BCUT2D eigenvalue weighted by molar-refractivity contribution is 8.77. The number of hydrogen-bond donors (Lipinski definition) is 15. The fraction of sp³-hybridized carbons (Fsp3) is 0.493. The van der Waals surface area contributed by atoms with Gasteiger partial charge in [0, 0.05) is 78.9 Å². The molecule has 2 aromatic heterocycles. The van der Waals surface area contributed by atoms with Crippen molar-refractivity contribution in [2.24, 2.45) is 0 Å². The molecule has 1 aliphatic heterocycles. The maximum atomic E-state index is 15.3. The van der Waals surface area contributed by atoms with Crippen LogP contribution < -0.4 is 58.5 Å². The average molecular weight is 1460 g/mol. The van der Waals surface area contributed by atoms with E-state index in [0.717, 1.165) is 58.7 Å². The summed E-state index contributed by atoms with van der Waals surface area (Å²) in [5, 5.41) is 64.3. The molecule has 1 saturated carbocycles. The highest BCUT2D eigenvalue weighted by Crippen LogP contribution is 2.29. The second kappa shape index (κ2) is 40.3. The summed E-state index contributed by atoms with van der Waals surface area (Å²) in [7, 11) is 4.68. The van der Waals surface area contributed by atoms with Crippen LogP contribution in [0.3, 0.4) is 0 Å². The summed E-state index contributed by atoms with van der Waals surface area (Å²) in [5.41, 5.74) is 1.65. The van der Waals surface area contributed by atoms with E-state index in [2.05, 4.69) is 68.5 Å². The maximum absolute atomic E-state index is 15.3. The molecule has 15 N–H and O–H groups in total. The Hall–Kier alpha value is -8.23. The quantitative estimate of drug-likeness (QED) is 0.0268. The molecule has 31 heteroatoms. The number of para-hydroxylation sites is 1. The second-order valence-electron chi connectivity index (χ2n) is 25.6. The molecule has 27 nitrogen and oxygen atoms in total. The van der Waals surface area contributed by atoms with E-state index in [0.29, 0.717) is 46.2 Å². The first-order valence-electron chi connectivity index (χ1n) is 33.5. The van der Waals surface area contributed by atoms with Crippen LogP contribution >= 0.6 is 43.2 Å². The molecule has 7 rings (SSSR count). The zero-order chi connectivity index (χ0) is 72.1. The Morgan fingerprint density at radius 3 is 2.04 bits per heavy atom. The number of carbonyl (C=O) groups is 10. The van der Waals surface area contributed by atoms with Gasteiger partial charge in [0.25, 0.3) is 0 Å². The molecule has 2 fully saturated rings. The number of fused-ring (bicyclic) bond motifs is 1. The third-order valence-corrected chi connectivity index (χ3v) is 21.0. The molecule has 1 aliphatic carbocycles. The normalized spacial score (nSPS) is 20.6. The van der Waals surface area contributed by atoms with Crippen molar-refractivity contribution < 1.29 is 68.0 Å². The number of benzene rings is 3. The van der Waals surface area contributed by atoms with Gasteiger partial charge >= 0.3 is 12.1 Å². The molecule has 0 radical (unpaired) electrons. The number of aromatic hydroxyl groups is 1. The Balaban J connectivity index is 1.25. The fourth-order valence-corrected chi connectivity index (χ4v) is 15.1. The number of aromatic nitrogens is 2. The number of nitrogens with zero attached hydrogens (tertiary/aromatic N) is 1. The van der Waals surface area contributed by atoms with Crippen LogP contribution in [0.25, 0.3) is 10.9 Å². The number of carbonyl (C=O) groups excluding carboxylic acids is 10. The third kappa shape index (κ3) is 26.7. The van der Waals surface area contributed by atoms with Gasteiger partial charge in [-0.3, -0.25) is 38.4 Å². The number of nitrogens with one attached hydrogen (secondary N) is 12. The predicted molar refractivity (Wildman–Crippen MR) is 386 cm³/mol. The first-order chi connectivity index (χ1) is 47.9. The number of phenols is 1. The number of aliphatic hydroxyl groups excluding tert-OH is 2. The number of rotatable bonds is 26. The summed E-state index contributed by atoms with van der Waals surface area (Å²) in [6.45, 7) is 8.00. The molecule has 10 atom stereocenters. The van der Waals surface area contributed by atoms with Gasteiger partial charge in [0.15, 0.2) is 0 Å². The number of amides is 11. The minimum atomic E-state index is -1.81. The van der Waals surface area contributed by atoms with Crippen molar-refractivity contribution in [1.82, 2.24) is 68.5 Å². The Morgan fingerprint density at radius 1 is 0.670 bits per heavy atom. The zero-order valence-electron chi connectivity index (χ0n) is 56.7. The Kier molecular flexibility index (Phi) is 31.9. The smallest absolute Gasteiger partial charge is 0.407 e. The molecule has 100 heavy (non-hydrogen) atoms. The van der Waals surface area contributed by atoms with Crippen LogP contribution in [-0.4, -0.2) is 187 Å². The molecular formula is C69H93N13O14S4. The standard InChI is InChI=1S/C69H93N13O14S4/c1-41(83)57(65(92)71-33-34-97-100-56-26-16-18-31-70-56)81-64(91)55-40-99-98-39-54(78-61(88)52(35-43-19-9-6-10-20-43)80-67(94)74-46-21-11-7-12-22-46)63(90)76-51(36-44-27-29-47(85)30-28-44)60(87)77-53(37-45-38-73-49-24-15-14-23-48(45)49)62(89)75-50(59(86)82-58(42(2)84)66(93)79-55)25-13-8-17-32-72-68(95)96-69(3,4)5/h6,9-10,14-16,18-20,23-24,26-31,38,41-42,46,50-55,57-58,73,83-85H,7-8,11-13,17,21-22,25,32-37,39-40H2,1-5H3,(H,71,92)(H,72,95)(H,75,89)(H,76,90)(H,77,87)(H,78,88)(H,79,93)(H,81,91)(H,82,86)(H2,74,80,94)/t41-,42-,50+,51+,52-,53-,54+,55+,57+,58+/m1/s1.